The van der Waals surface area contributed by atoms with Crippen molar-refractivity contribution in [1.29, 1.82) is 0 Å². The molecule has 0 aliphatic heterocycles. The molecule has 0 unspecified atom stereocenters. The van der Waals surface area contributed by atoms with Gasteiger partial charge < -0.3 is 11.1 Å². The molecule has 0 atom stereocenters. The molecule has 9 heteroatoms. The molecule has 0 radical (unpaired) electrons. The number of allylic oxidation sites excluding steroid dienone is 3. The fourth-order valence-electron chi connectivity index (χ4n) is 3.14. The molecule has 188 valence electrons. The van der Waals surface area contributed by atoms with E-state index in [1.807, 2.05) is 0 Å². The maximum atomic E-state index is 13.2. The number of rotatable bonds is 13. The number of aliphatic imine (C=N–C) groups is 2. The number of ketones is 1. The van der Waals surface area contributed by atoms with Crippen molar-refractivity contribution in [3.8, 4) is 0 Å². The van der Waals surface area contributed by atoms with Gasteiger partial charge in [0.15, 0.2) is 0 Å². The van der Waals surface area contributed by atoms with Crippen LogP contribution in [0, 0.1) is 6.92 Å². The van der Waals surface area contributed by atoms with Gasteiger partial charge in [0.05, 0.1) is 6.34 Å². The Morgan fingerprint density at radius 2 is 2.06 bits per heavy atom. The molecule has 0 bridgehead atoms. The largest absolute Gasteiger partial charge is 0.390 e. The Morgan fingerprint density at radius 1 is 1.34 bits per heavy atom. The number of halogens is 2. The number of Topliss-reactive ketones (excluding diaryl/α,β-unsaturated/α-hetero) is 1. The number of aromatic nitrogens is 1. The summed E-state index contributed by atoms with van der Waals surface area (Å²) in [5.41, 5.74) is 7.88. The number of amides is 1. The molecule has 1 aromatic heterocycles. The first-order chi connectivity index (χ1) is 16.6. The van der Waals surface area contributed by atoms with Crippen molar-refractivity contribution in [3.63, 3.8) is 0 Å². The van der Waals surface area contributed by atoms with Crippen LogP contribution in [-0.4, -0.2) is 35.2 Å². The van der Waals surface area contributed by atoms with E-state index in [1.165, 1.54) is 24.6 Å². The zero-order valence-corrected chi connectivity index (χ0v) is 20.6. The first kappa shape index (κ1) is 29.3. The third kappa shape index (κ3) is 9.95. The number of nitrogens with one attached hydrogen (secondary N) is 1. The van der Waals surface area contributed by atoms with Gasteiger partial charge in [0.2, 0.25) is 11.7 Å². The van der Waals surface area contributed by atoms with Gasteiger partial charge >= 0.3 is 0 Å². The average molecular weight is 486 g/mol. The zero-order valence-electron chi connectivity index (χ0n) is 20.6. The Balaban J connectivity index is 3.18. The molecule has 1 aromatic rings. The van der Waals surface area contributed by atoms with Crippen molar-refractivity contribution in [2.45, 2.75) is 59.4 Å². The first-order valence-corrected chi connectivity index (χ1v) is 11.2. The summed E-state index contributed by atoms with van der Waals surface area (Å²) in [6, 6.07) is 1.79. The fraction of sp³-hybridized carbons (Fsp3) is 0.346. The summed E-state index contributed by atoms with van der Waals surface area (Å²) >= 11 is 0. The smallest absolute Gasteiger partial charge is 0.252 e. The number of aryl methyl sites for hydroxylation is 2. The number of carbonyl (C=O) groups excluding carboxylic acids is 2. The summed E-state index contributed by atoms with van der Waals surface area (Å²) < 4.78 is 26.3. The number of nitrogens with zero attached hydrogens (tertiary/aromatic N) is 3. The van der Waals surface area contributed by atoms with E-state index >= 15 is 0 Å². The van der Waals surface area contributed by atoms with Crippen molar-refractivity contribution in [2.75, 3.05) is 0 Å². The van der Waals surface area contributed by atoms with Gasteiger partial charge in [-0.05, 0) is 50.8 Å². The van der Waals surface area contributed by atoms with Gasteiger partial charge in [0, 0.05) is 48.4 Å². The highest BCUT2D eigenvalue weighted by Gasteiger charge is 2.22. The molecule has 7 nitrogen and oxygen atoms in total. The van der Waals surface area contributed by atoms with Crippen LogP contribution >= 0.6 is 0 Å². The van der Waals surface area contributed by atoms with Crippen LogP contribution in [0.3, 0.4) is 0 Å². The molecule has 0 saturated heterocycles. The van der Waals surface area contributed by atoms with Gasteiger partial charge in [0.25, 0.3) is 5.91 Å². The van der Waals surface area contributed by atoms with E-state index in [9.17, 15) is 18.4 Å². The molecule has 0 aliphatic rings. The van der Waals surface area contributed by atoms with Gasteiger partial charge in [-0.3, -0.25) is 19.6 Å². The molecule has 0 saturated carbocycles. The minimum atomic E-state index is -2.76. The predicted octanol–water partition coefficient (Wildman–Crippen LogP) is 4.53. The van der Waals surface area contributed by atoms with E-state index in [2.05, 4.69) is 26.9 Å². The highest BCUT2D eigenvalue weighted by atomic mass is 19.3. The average Bonchev–Trinajstić information content (AvgIpc) is 2.81. The Labute approximate surface area is 205 Å². The predicted molar refractivity (Wildman–Crippen MR) is 136 cm³/mol. The Morgan fingerprint density at radius 3 is 2.60 bits per heavy atom. The summed E-state index contributed by atoms with van der Waals surface area (Å²) in [5, 5.41) is 2.78. The lowest BCUT2D eigenvalue weighted by molar-refractivity contribution is -0.118. The molecule has 0 spiro atoms. The number of alkyl halides is 2. The van der Waals surface area contributed by atoms with Crippen molar-refractivity contribution < 1.29 is 18.4 Å². The van der Waals surface area contributed by atoms with Gasteiger partial charge in [0.1, 0.15) is 5.70 Å². The number of hydrogen-bond donors (Lipinski definition) is 2. The molecular formula is C26H33F2N5O2. The number of hydrogen-bond acceptors (Lipinski definition) is 5. The molecule has 1 amide bonds. The fourth-order valence-corrected chi connectivity index (χ4v) is 3.14. The van der Waals surface area contributed by atoms with Crippen LogP contribution in [0.25, 0.3) is 0 Å². The second-order valence-electron chi connectivity index (χ2n) is 7.74. The monoisotopic (exact) mass is 485 g/mol. The molecule has 3 N–H and O–H groups in total. The maximum Gasteiger partial charge on any atom is 0.252 e. The Kier molecular flexibility index (Phi) is 12.1. The van der Waals surface area contributed by atoms with E-state index in [0.717, 1.165) is 18.8 Å². The number of nitrogens with two attached hydrogens (primary N) is 1. The van der Waals surface area contributed by atoms with Gasteiger partial charge in [-0.15, -0.1) is 0 Å². The van der Waals surface area contributed by atoms with Crippen molar-refractivity contribution in [3.05, 3.63) is 76.9 Å². The summed E-state index contributed by atoms with van der Waals surface area (Å²) in [6.07, 6.45) is 9.89. The van der Waals surface area contributed by atoms with Gasteiger partial charge in [-0.1, -0.05) is 31.7 Å². The third-order valence-electron chi connectivity index (χ3n) is 4.93. The second kappa shape index (κ2) is 14.5. The van der Waals surface area contributed by atoms with Crippen LogP contribution < -0.4 is 11.1 Å². The Bertz CT molecular complexity index is 1060. The lowest BCUT2D eigenvalue weighted by Gasteiger charge is -2.13. The van der Waals surface area contributed by atoms with Crippen molar-refractivity contribution in [1.82, 2.24) is 10.3 Å². The van der Waals surface area contributed by atoms with Crippen LogP contribution in [0.5, 0.6) is 0 Å². The number of pyridine rings is 1. The molecule has 35 heavy (non-hydrogen) atoms. The molecule has 0 fully saturated rings. The highest BCUT2D eigenvalue weighted by Crippen LogP contribution is 2.21. The third-order valence-corrected chi connectivity index (χ3v) is 4.93. The van der Waals surface area contributed by atoms with E-state index in [-0.39, 0.29) is 42.7 Å². The first-order valence-electron chi connectivity index (χ1n) is 11.2. The summed E-state index contributed by atoms with van der Waals surface area (Å²) in [6.45, 7) is 9.78. The SMILES string of the molecule is C=C/C=N\C(=C/C)C(=O)\C(CC)=C(/C=C\N=C\N)C(=O)NCc1cnc(CCC(C)(F)F)c(C)c1. The lowest BCUT2D eigenvalue weighted by Crippen LogP contribution is -2.26. The van der Waals surface area contributed by atoms with E-state index in [4.69, 9.17) is 5.73 Å². The Hall–Kier alpha value is -3.75. The molecular weight excluding hydrogens is 452 g/mol. The minimum Gasteiger partial charge on any atom is -0.390 e. The molecule has 0 aliphatic carbocycles. The summed E-state index contributed by atoms with van der Waals surface area (Å²) in [4.78, 5) is 38.3. The van der Waals surface area contributed by atoms with Crippen LogP contribution in [0.15, 0.2) is 70.1 Å². The van der Waals surface area contributed by atoms with Crippen molar-refractivity contribution in [2.24, 2.45) is 15.7 Å². The zero-order chi connectivity index (χ0) is 26.4. The van der Waals surface area contributed by atoms with Gasteiger partial charge in [-0.2, -0.15) is 0 Å². The van der Waals surface area contributed by atoms with Crippen LogP contribution in [0.4, 0.5) is 8.78 Å². The van der Waals surface area contributed by atoms with Crippen LogP contribution in [-0.2, 0) is 22.6 Å². The molecule has 1 heterocycles. The van der Waals surface area contributed by atoms with Crippen LogP contribution in [0.2, 0.25) is 0 Å². The van der Waals surface area contributed by atoms with Crippen LogP contribution in [0.1, 0.15) is 50.4 Å². The highest BCUT2D eigenvalue weighted by molar-refractivity contribution is 6.14. The normalized spacial score (nSPS) is 13.5. The van der Waals surface area contributed by atoms with Crippen molar-refractivity contribution >= 4 is 24.2 Å². The molecule has 1 rings (SSSR count). The quantitative estimate of drug-likeness (QED) is 0.185. The standard InChI is InChI=1S/C26H33F2N5O2/c1-6-12-31-22(8-3)24(34)20(7-2)21(10-13-30-17-29)25(35)33-16-19-14-18(4)23(32-15-19)9-11-26(5,27)28/h6,8,10,12-15,17H,1,7,9,11,16H2,2-5H3,(H2,29,30)(H,33,35)/b13-10-,21-20+,22-8-,31-12-. The van der Waals surface area contributed by atoms with E-state index in [0.29, 0.717) is 11.3 Å². The second-order valence-corrected chi connectivity index (χ2v) is 7.74. The van der Waals surface area contributed by atoms with Gasteiger partial charge in [-0.25, -0.2) is 13.8 Å². The van der Waals surface area contributed by atoms with E-state index in [1.54, 1.807) is 39.1 Å². The van der Waals surface area contributed by atoms with E-state index < -0.39 is 17.6 Å². The summed E-state index contributed by atoms with van der Waals surface area (Å²) in [5.74, 6) is -3.65. The lowest BCUT2D eigenvalue weighted by atomic mass is 9.98. The number of carbonyl (C=O) groups is 2. The summed E-state index contributed by atoms with van der Waals surface area (Å²) in [7, 11) is 0. The maximum absolute atomic E-state index is 13.2. The topological polar surface area (TPSA) is 110 Å². The molecule has 0 aromatic carbocycles. The minimum absolute atomic E-state index is 0.128.